The van der Waals surface area contributed by atoms with E-state index >= 15 is 0 Å². The Bertz CT molecular complexity index is 332. The van der Waals surface area contributed by atoms with Crippen molar-refractivity contribution in [3.63, 3.8) is 0 Å². The molecule has 0 N–H and O–H groups in total. The monoisotopic (exact) mass is 226 g/mol. The minimum atomic E-state index is -0.564. The molecule has 0 unspecified atom stereocenters. The first kappa shape index (κ1) is 11.6. The van der Waals surface area contributed by atoms with Gasteiger partial charge in [-0.05, 0) is 32.3 Å². The van der Waals surface area contributed by atoms with E-state index in [0.717, 1.165) is 0 Å². The summed E-state index contributed by atoms with van der Waals surface area (Å²) in [5, 5.41) is 0. The second-order valence-corrected chi connectivity index (χ2v) is 4.93. The Kier molecular flexibility index (Phi) is 2.80. The Morgan fingerprint density at radius 1 is 1.50 bits per heavy atom. The number of hydrogen-bond donors (Lipinski definition) is 0. The molecule has 2 aliphatic rings. The van der Waals surface area contributed by atoms with Crippen LogP contribution in [0.15, 0.2) is 11.6 Å². The van der Waals surface area contributed by atoms with Gasteiger partial charge in [0.25, 0.3) is 0 Å². The van der Waals surface area contributed by atoms with E-state index in [0.29, 0.717) is 12.0 Å². The highest BCUT2D eigenvalue weighted by atomic mass is 16.8. The minimum absolute atomic E-state index is 0.0448. The highest BCUT2D eigenvalue weighted by molar-refractivity contribution is 5.88. The van der Waals surface area contributed by atoms with Gasteiger partial charge in [0.2, 0.25) is 0 Å². The molecule has 0 aromatic carbocycles. The van der Waals surface area contributed by atoms with Gasteiger partial charge in [-0.3, -0.25) is 0 Å². The standard InChI is InChI=1S/C12H18O4/c1-7-5-8(11(13)14-4)6-9-10(7)16-12(2,3)15-9/h6-7,9-10H,5H2,1-4H3/t7-,9+,10-/m1/s1. The summed E-state index contributed by atoms with van der Waals surface area (Å²) in [6, 6.07) is 0. The first-order chi connectivity index (χ1) is 7.43. The highest BCUT2D eigenvalue weighted by Crippen LogP contribution is 2.38. The van der Waals surface area contributed by atoms with Crippen molar-refractivity contribution in [3.8, 4) is 0 Å². The zero-order chi connectivity index (χ0) is 11.9. The summed E-state index contributed by atoms with van der Waals surface area (Å²) in [7, 11) is 1.40. The average molecular weight is 226 g/mol. The Balaban J connectivity index is 2.21. The Morgan fingerprint density at radius 3 is 2.81 bits per heavy atom. The van der Waals surface area contributed by atoms with Crippen molar-refractivity contribution in [2.45, 2.75) is 45.2 Å². The molecule has 0 spiro atoms. The van der Waals surface area contributed by atoms with Crippen LogP contribution in [0.4, 0.5) is 0 Å². The fourth-order valence-electron chi connectivity index (χ4n) is 2.40. The van der Waals surface area contributed by atoms with Gasteiger partial charge < -0.3 is 14.2 Å². The molecule has 1 saturated heterocycles. The average Bonchev–Trinajstić information content (AvgIpc) is 2.52. The van der Waals surface area contributed by atoms with Gasteiger partial charge in [0, 0.05) is 5.57 Å². The van der Waals surface area contributed by atoms with Crippen LogP contribution in [0.1, 0.15) is 27.2 Å². The number of esters is 1. The van der Waals surface area contributed by atoms with Crippen molar-refractivity contribution < 1.29 is 19.0 Å². The lowest BCUT2D eigenvalue weighted by Gasteiger charge is -2.27. The zero-order valence-electron chi connectivity index (χ0n) is 10.1. The van der Waals surface area contributed by atoms with E-state index in [2.05, 4.69) is 6.92 Å². The topological polar surface area (TPSA) is 44.8 Å². The first-order valence-corrected chi connectivity index (χ1v) is 5.57. The Morgan fingerprint density at radius 2 is 2.19 bits per heavy atom. The Hall–Kier alpha value is -0.870. The molecule has 4 nitrogen and oxygen atoms in total. The minimum Gasteiger partial charge on any atom is -0.466 e. The lowest BCUT2D eigenvalue weighted by molar-refractivity contribution is -0.146. The van der Waals surface area contributed by atoms with Gasteiger partial charge in [0.15, 0.2) is 5.79 Å². The molecule has 0 amide bonds. The van der Waals surface area contributed by atoms with Crippen LogP contribution in [0.2, 0.25) is 0 Å². The van der Waals surface area contributed by atoms with Crippen LogP contribution < -0.4 is 0 Å². The highest BCUT2D eigenvalue weighted by Gasteiger charge is 2.45. The smallest absolute Gasteiger partial charge is 0.333 e. The predicted molar refractivity (Wildman–Crippen MR) is 57.7 cm³/mol. The zero-order valence-corrected chi connectivity index (χ0v) is 10.1. The van der Waals surface area contributed by atoms with Gasteiger partial charge in [-0.25, -0.2) is 4.79 Å². The van der Waals surface area contributed by atoms with Crippen molar-refractivity contribution in [1.29, 1.82) is 0 Å². The number of carbonyl (C=O) groups excluding carboxylic acids is 1. The van der Waals surface area contributed by atoms with Gasteiger partial charge in [-0.1, -0.05) is 6.92 Å². The first-order valence-electron chi connectivity index (χ1n) is 5.57. The molecule has 1 aliphatic heterocycles. The third kappa shape index (κ3) is 1.99. The molecule has 3 atom stereocenters. The van der Waals surface area contributed by atoms with E-state index in [1.54, 1.807) is 0 Å². The summed E-state index contributed by atoms with van der Waals surface area (Å²) in [5.74, 6) is -0.560. The maximum atomic E-state index is 11.5. The van der Waals surface area contributed by atoms with Crippen molar-refractivity contribution in [1.82, 2.24) is 0 Å². The van der Waals surface area contributed by atoms with Crippen molar-refractivity contribution in [2.75, 3.05) is 7.11 Å². The number of ether oxygens (including phenoxy) is 3. The molecule has 1 heterocycles. The summed E-state index contributed by atoms with van der Waals surface area (Å²) in [6.45, 7) is 5.85. The van der Waals surface area contributed by atoms with E-state index in [1.807, 2.05) is 19.9 Å². The Labute approximate surface area is 95.6 Å². The second-order valence-electron chi connectivity index (χ2n) is 4.93. The summed E-state index contributed by atoms with van der Waals surface area (Å²) >= 11 is 0. The molecule has 1 fully saturated rings. The maximum absolute atomic E-state index is 11.5. The molecule has 1 aliphatic carbocycles. The predicted octanol–water partition coefficient (Wildman–Crippen LogP) is 1.65. The van der Waals surface area contributed by atoms with E-state index in [9.17, 15) is 4.79 Å². The van der Waals surface area contributed by atoms with E-state index in [-0.39, 0.29) is 24.1 Å². The largest absolute Gasteiger partial charge is 0.466 e. The van der Waals surface area contributed by atoms with Crippen LogP contribution in [0.3, 0.4) is 0 Å². The summed E-state index contributed by atoms with van der Waals surface area (Å²) < 4.78 is 16.3. The van der Waals surface area contributed by atoms with Crippen LogP contribution >= 0.6 is 0 Å². The fourth-order valence-corrected chi connectivity index (χ4v) is 2.40. The van der Waals surface area contributed by atoms with Crippen molar-refractivity contribution >= 4 is 5.97 Å². The molecule has 0 saturated carbocycles. The molecular formula is C12H18O4. The van der Waals surface area contributed by atoms with Crippen LogP contribution in [0.25, 0.3) is 0 Å². The molecule has 2 rings (SSSR count). The summed E-state index contributed by atoms with van der Waals surface area (Å²) in [5.41, 5.74) is 0.692. The molecule has 16 heavy (non-hydrogen) atoms. The number of fused-ring (bicyclic) bond motifs is 1. The molecular weight excluding hydrogens is 208 g/mol. The molecule has 0 aromatic heterocycles. The molecule has 4 heteroatoms. The summed E-state index contributed by atoms with van der Waals surface area (Å²) in [6.07, 6.45) is 2.44. The second kappa shape index (κ2) is 3.86. The van der Waals surface area contributed by atoms with Gasteiger partial charge in [-0.2, -0.15) is 0 Å². The third-order valence-electron chi connectivity index (χ3n) is 3.08. The van der Waals surface area contributed by atoms with Crippen LogP contribution in [0.5, 0.6) is 0 Å². The third-order valence-corrected chi connectivity index (χ3v) is 3.08. The number of hydrogen-bond acceptors (Lipinski definition) is 4. The SMILES string of the molecule is COC(=O)C1=C[C@@H]2OC(C)(C)O[C@@H]2[C@H](C)C1. The van der Waals surface area contributed by atoms with Crippen LogP contribution in [-0.2, 0) is 19.0 Å². The van der Waals surface area contributed by atoms with E-state index < -0.39 is 5.79 Å². The number of methoxy groups -OCH3 is 1. The van der Waals surface area contributed by atoms with E-state index in [4.69, 9.17) is 14.2 Å². The lowest BCUT2D eigenvalue weighted by Crippen LogP contribution is -2.33. The maximum Gasteiger partial charge on any atom is 0.333 e. The molecule has 0 radical (unpaired) electrons. The number of carbonyl (C=O) groups is 1. The lowest BCUT2D eigenvalue weighted by atomic mass is 9.86. The quantitative estimate of drug-likeness (QED) is 0.638. The van der Waals surface area contributed by atoms with Crippen LogP contribution in [0, 0.1) is 5.92 Å². The van der Waals surface area contributed by atoms with Crippen molar-refractivity contribution in [2.24, 2.45) is 5.92 Å². The fraction of sp³-hybridized carbons (Fsp3) is 0.750. The molecule has 90 valence electrons. The van der Waals surface area contributed by atoms with Gasteiger partial charge >= 0.3 is 5.97 Å². The summed E-state index contributed by atoms with van der Waals surface area (Å²) in [4.78, 5) is 11.5. The molecule has 0 bridgehead atoms. The van der Waals surface area contributed by atoms with Gasteiger partial charge in [0.05, 0.1) is 13.2 Å². The number of rotatable bonds is 1. The van der Waals surface area contributed by atoms with Crippen molar-refractivity contribution in [3.05, 3.63) is 11.6 Å². The van der Waals surface area contributed by atoms with Gasteiger partial charge in [-0.15, -0.1) is 0 Å². The molecule has 0 aromatic rings. The van der Waals surface area contributed by atoms with Crippen LogP contribution in [-0.4, -0.2) is 31.1 Å². The normalized spacial score (nSPS) is 36.5. The van der Waals surface area contributed by atoms with E-state index in [1.165, 1.54) is 7.11 Å². The van der Waals surface area contributed by atoms with Gasteiger partial charge in [0.1, 0.15) is 6.10 Å².